The molecular formula is C21H29N3OS. The minimum atomic E-state index is -0.0258. The van der Waals surface area contributed by atoms with Gasteiger partial charge in [0.2, 0.25) is 0 Å². The maximum atomic E-state index is 12.3. The molecule has 1 heterocycles. The molecular weight excluding hydrogens is 342 g/mol. The second-order valence-corrected chi connectivity index (χ2v) is 7.82. The number of nitrogens with zero attached hydrogens (tertiary/aromatic N) is 2. The Morgan fingerprint density at radius 1 is 1.19 bits per heavy atom. The molecule has 1 amide bonds. The number of hydrogen-bond acceptors (Lipinski definition) is 3. The van der Waals surface area contributed by atoms with E-state index in [1.807, 2.05) is 30.3 Å². The predicted octanol–water partition coefficient (Wildman–Crippen LogP) is 4.51. The fourth-order valence-electron chi connectivity index (χ4n) is 3.48. The molecule has 26 heavy (non-hydrogen) atoms. The molecule has 1 fully saturated rings. The van der Waals surface area contributed by atoms with Crippen molar-refractivity contribution in [1.82, 2.24) is 9.88 Å². The summed E-state index contributed by atoms with van der Waals surface area (Å²) >= 11 is 1.71. The molecule has 1 aliphatic carbocycles. The highest BCUT2D eigenvalue weighted by Crippen LogP contribution is 2.19. The van der Waals surface area contributed by atoms with Crippen LogP contribution in [0.15, 0.2) is 40.7 Å². The van der Waals surface area contributed by atoms with Crippen LogP contribution in [0.3, 0.4) is 0 Å². The van der Waals surface area contributed by atoms with E-state index in [1.54, 1.807) is 11.3 Å². The maximum absolute atomic E-state index is 12.3. The first-order valence-electron chi connectivity index (χ1n) is 9.82. The third-order valence-corrected chi connectivity index (χ3v) is 5.84. The predicted molar refractivity (Wildman–Crippen MR) is 107 cm³/mol. The van der Waals surface area contributed by atoms with Crippen LogP contribution >= 0.6 is 11.3 Å². The van der Waals surface area contributed by atoms with Crippen molar-refractivity contribution < 1.29 is 4.79 Å². The number of carbonyl (C=O) groups is 1. The van der Waals surface area contributed by atoms with Crippen molar-refractivity contribution >= 4 is 17.2 Å². The molecule has 0 aliphatic heterocycles. The van der Waals surface area contributed by atoms with E-state index in [0.29, 0.717) is 18.2 Å². The van der Waals surface area contributed by atoms with Crippen molar-refractivity contribution in [1.29, 1.82) is 0 Å². The Bertz CT molecular complexity index is 755. The van der Waals surface area contributed by atoms with Gasteiger partial charge in [0.25, 0.3) is 5.91 Å². The number of amides is 1. The van der Waals surface area contributed by atoms with Gasteiger partial charge in [-0.1, -0.05) is 50.8 Å². The summed E-state index contributed by atoms with van der Waals surface area (Å²) in [7, 11) is 0. The largest absolute Gasteiger partial charge is 0.346 e. The van der Waals surface area contributed by atoms with Gasteiger partial charge in [0.05, 0.1) is 12.6 Å². The van der Waals surface area contributed by atoms with Gasteiger partial charge in [0.1, 0.15) is 0 Å². The van der Waals surface area contributed by atoms with Crippen molar-refractivity contribution in [3.63, 3.8) is 0 Å². The topological polar surface area (TPSA) is 46.4 Å². The summed E-state index contributed by atoms with van der Waals surface area (Å²) in [6, 6.07) is 9.85. The lowest BCUT2D eigenvalue weighted by Crippen LogP contribution is -2.27. The fourth-order valence-corrected chi connectivity index (χ4v) is 4.47. The Morgan fingerprint density at radius 3 is 2.62 bits per heavy atom. The van der Waals surface area contributed by atoms with Crippen molar-refractivity contribution in [3.05, 3.63) is 51.8 Å². The average Bonchev–Trinajstić information content (AvgIpc) is 2.87. The molecule has 3 rings (SSSR count). The SMILES string of the molecule is CCCn1c(CNC(=O)c2ccccc2)csc1=NC1CCCCCC1. The molecule has 4 nitrogen and oxygen atoms in total. The van der Waals surface area contributed by atoms with E-state index in [4.69, 9.17) is 4.99 Å². The minimum Gasteiger partial charge on any atom is -0.346 e. The van der Waals surface area contributed by atoms with Crippen molar-refractivity contribution in [2.45, 2.75) is 71.0 Å². The fraction of sp³-hybridized carbons (Fsp3) is 0.524. The highest BCUT2D eigenvalue weighted by molar-refractivity contribution is 7.07. The molecule has 1 aromatic heterocycles. The van der Waals surface area contributed by atoms with E-state index < -0.39 is 0 Å². The number of carbonyl (C=O) groups excluding carboxylic acids is 1. The quantitative estimate of drug-likeness (QED) is 0.746. The normalized spacial score (nSPS) is 16.4. The van der Waals surface area contributed by atoms with E-state index in [0.717, 1.165) is 23.5 Å². The Kier molecular flexibility index (Phi) is 7.06. The number of nitrogens with one attached hydrogen (secondary N) is 1. The van der Waals surface area contributed by atoms with Crippen molar-refractivity contribution in [2.24, 2.45) is 4.99 Å². The lowest BCUT2D eigenvalue weighted by Gasteiger charge is -2.11. The van der Waals surface area contributed by atoms with Crippen molar-refractivity contribution in [3.8, 4) is 0 Å². The third kappa shape index (κ3) is 5.07. The van der Waals surface area contributed by atoms with Crippen molar-refractivity contribution in [2.75, 3.05) is 0 Å². The van der Waals surface area contributed by atoms with E-state index >= 15 is 0 Å². The summed E-state index contributed by atoms with van der Waals surface area (Å²) < 4.78 is 2.29. The number of hydrogen-bond donors (Lipinski definition) is 1. The maximum Gasteiger partial charge on any atom is 0.251 e. The first-order chi connectivity index (χ1) is 12.8. The van der Waals surface area contributed by atoms with Gasteiger partial charge in [-0.2, -0.15) is 0 Å². The molecule has 1 aliphatic rings. The molecule has 1 aromatic carbocycles. The smallest absolute Gasteiger partial charge is 0.251 e. The van der Waals surface area contributed by atoms with Gasteiger partial charge in [0, 0.05) is 23.2 Å². The van der Waals surface area contributed by atoms with Gasteiger partial charge in [0.15, 0.2) is 4.80 Å². The van der Waals surface area contributed by atoms with Gasteiger partial charge in [-0.25, -0.2) is 0 Å². The summed E-state index contributed by atoms with van der Waals surface area (Å²) in [5.74, 6) is -0.0258. The zero-order valence-electron chi connectivity index (χ0n) is 15.6. The van der Waals surface area contributed by atoms with Crippen LogP contribution in [0.1, 0.15) is 67.9 Å². The molecule has 5 heteroatoms. The van der Waals surface area contributed by atoms with E-state index in [-0.39, 0.29) is 5.91 Å². The molecule has 0 unspecified atom stereocenters. The first-order valence-corrected chi connectivity index (χ1v) is 10.7. The molecule has 1 N–H and O–H groups in total. The number of aromatic nitrogens is 1. The summed E-state index contributed by atoms with van der Waals surface area (Å²) in [5, 5.41) is 5.20. The molecule has 0 atom stereocenters. The van der Waals surface area contributed by atoms with Crippen LogP contribution in [0.5, 0.6) is 0 Å². The zero-order chi connectivity index (χ0) is 18.2. The lowest BCUT2D eigenvalue weighted by atomic mass is 10.1. The Morgan fingerprint density at radius 2 is 1.92 bits per heavy atom. The minimum absolute atomic E-state index is 0.0258. The number of benzene rings is 1. The van der Waals surface area contributed by atoms with Gasteiger partial charge >= 0.3 is 0 Å². The average molecular weight is 372 g/mol. The summed E-state index contributed by atoms with van der Waals surface area (Å²) in [4.78, 5) is 18.5. The summed E-state index contributed by atoms with van der Waals surface area (Å²) in [6.45, 7) is 3.68. The van der Waals surface area contributed by atoms with Crippen LogP contribution in [-0.2, 0) is 13.1 Å². The van der Waals surface area contributed by atoms with Crippen LogP contribution < -0.4 is 10.1 Å². The van der Waals surface area contributed by atoms with Gasteiger partial charge in [-0.05, 0) is 31.4 Å². The van der Waals surface area contributed by atoms with E-state index in [2.05, 4.69) is 22.2 Å². The first kappa shape index (κ1) is 18.9. The zero-order valence-corrected chi connectivity index (χ0v) is 16.4. The standard InChI is InChI=1S/C21H29N3OS/c1-2-14-24-19(15-22-20(25)17-10-6-5-7-11-17)16-26-21(24)23-18-12-8-3-4-9-13-18/h5-7,10-11,16,18H,2-4,8-9,12-15H2,1H3,(H,22,25). The number of rotatable bonds is 6. The highest BCUT2D eigenvalue weighted by Gasteiger charge is 2.13. The summed E-state index contributed by atoms with van der Waals surface area (Å²) in [6.07, 6.45) is 8.79. The lowest BCUT2D eigenvalue weighted by molar-refractivity contribution is 0.0950. The molecule has 1 saturated carbocycles. The molecule has 0 bridgehead atoms. The molecule has 0 radical (unpaired) electrons. The Labute approximate surface area is 160 Å². The van der Waals surface area contributed by atoms with E-state index in [9.17, 15) is 4.79 Å². The van der Waals surface area contributed by atoms with Gasteiger partial charge < -0.3 is 9.88 Å². The van der Waals surface area contributed by atoms with Crippen LogP contribution in [0.4, 0.5) is 0 Å². The number of thiazole rings is 1. The van der Waals surface area contributed by atoms with E-state index in [1.165, 1.54) is 38.5 Å². The van der Waals surface area contributed by atoms with Crippen LogP contribution in [-0.4, -0.2) is 16.5 Å². The Hall–Kier alpha value is -1.88. The summed E-state index contributed by atoms with van der Waals surface area (Å²) in [5.41, 5.74) is 1.85. The molecule has 2 aromatic rings. The Balaban J connectivity index is 1.73. The molecule has 0 spiro atoms. The van der Waals surface area contributed by atoms with Crippen LogP contribution in [0, 0.1) is 0 Å². The van der Waals surface area contributed by atoms with Crippen LogP contribution in [0.25, 0.3) is 0 Å². The van der Waals surface area contributed by atoms with Crippen LogP contribution in [0.2, 0.25) is 0 Å². The molecule has 0 saturated heterocycles. The second kappa shape index (κ2) is 9.72. The monoisotopic (exact) mass is 371 g/mol. The molecule has 140 valence electrons. The highest BCUT2D eigenvalue weighted by atomic mass is 32.1. The third-order valence-electron chi connectivity index (χ3n) is 4.91. The van der Waals surface area contributed by atoms with Gasteiger partial charge in [-0.15, -0.1) is 11.3 Å². The second-order valence-electron chi connectivity index (χ2n) is 6.98. The van der Waals surface area contributed by atoms with Gasteiger partial charge in [-0.3, -0.25) is 9.79 Å².